The van der Waals surface area contributed by atoms with E-state index < -0.39 is 6.09 Å². The number of para-hydroxylation sites is 1. The van der Waals surface area contributed by atoms with Crippen LogP contribution in [0, 0.1) is 5.41 Å². The predicted molar refractivity (Wildman–Crippen MR) is 142 cm³/mol. The van der Waals surface area contributed by atoms with E-state index in [9.17, 15) is 14.4 Å². The maximum atomic E-state index is 13.5. The second kappa shape index (κ2) is 10.0. The molecule has 1 spiro atoms. The third-order valence-corrected chi connectivity index (χ3v) is 8.38. The van der Waals surface area contributed by atoms with Crippen LogP contribution in [0.15, 0.2) is 79.1 Å². The van der Waals surface area contributed by atoms with Crippen LogP contribution in [0.2, 0.25) is 0 Å². The molecule has 3 aliphatic rings. The van der Waals surface area contributed by atoms with Crippen LogP contribution in [0.5, 0.6) is 0 Å². The van der Waals surface area contributed by atoms with Gasteiger partial charge >= 0.3 is 6.09 Å². The summed E-state index contributed by atoms with van der Waals surface area (Å²) in [5.74, 6) is 0.00962. The number of ether oxygens (including phenoxy) is 1. The van der Waals surface area contributed by atoms with Crippen LogP contribution in [0.1, 0.15) is 41.2 Å². The largest absolute Gasteiger partial charge is 0.447 e. The van der Waals surface area contributed by atoms with Gasteiger partial charge in [-0.1, -0.05) is 42.5 Å². The molecule has 3 fully saturated rings. The van der Waals surface area contributed by atoms with E-state index in [4.69, 9.17) is 4.74 Å². The zero-order chi connectivity index (χ0) is 26.1. The molecule has 0 radical (unpaired) electrons. The van der Waals surface area contributed by atoms with Crippen molar-refractivity contribution in [2.24, 2.45) is 5.41 Å². The fourth-order valence-corrected chi connectivity index (χ4v) is 6.11. The summed E-state index contributed by atoms with van der Waals surface area (Å²) in [6, 6.07) is 21.1. The number of likely N-dealkylation sites (tertiary alicyclic amines) is 2. The van der Waals surface area contributed by atoms with E-state index in [-0.39, 0.29) is 36.4 Å². The van der Waals surface area contributed by atoms with Crippen molar-refractivity contribution in [1.82, 2.24) is 19.3 Å². The molecule has 3 saturated heterocycles. The molecular weight excluding hydrogens is 480 g/mol. The van der Waals surface area contributed by atoms with Gasteiger partial charge in [0, 0.05) is 38.6 Å². The second-order valence-corrected chi connectivity index (χ2v) is 10.6. The minimum absolute atomic E-state index is 0.0231. The Morgan fingerprint density at radius 3 is 2.24 bits per heavy atom. The summed E-state index contributed by atoms with van der Waals surface area (Å²) in [6.07, 6.45) is 6.12. The van der Waals surface area contributed by atoms with E-state index in [2.05, 4.69) is 0 Å². The van der Waals surface area contributed by atoms with Crippen LogP contribution in [0.4, 0.5) is 4.79 Å². The molecule has 1 aromatic heterocycles. The highest BCUT2D eigenvalue weighted by atomic mass is 16.6. The Balaban J connectivity index is 1.07. The lowest BCUT2D eigenvalue weighted by atomic mass is 9.77. The molecule has 196 valence electrons. The van der Waals surface area contributed by atoms with Gasteiger partial charge in [0.05, 0.1) is 17.3 Å². The molecule has 1 unspecified atom stereocenters. The number of amides is 3. The number of cyclic esters (lactones) is 1. The van der Waals surface area contributed by atoms with Crippen LogP contribution in [-0.4, -0.2) is 76.5 Å². The number of carbonyl (C=O) groups is 3. The molecule has 3 aromatic rings. The molecule has 0 bridgehead atoms. The van der Waals surface area contributed by atoms with Crippen molar-refractivity contribution >= 4 is 17.9 Å². The van der Waals surface area contributed by atoms with Crippen molar-refractivity contribution in [3.63, 3.8) is 0 Å². The zero-order valence-corrected chi connectivity index (χ0v) is 21.4. The maximum absolute atomic E-state index is 13.5. The van der Waals surface area contributed by atoms with Gasteiger partial charge in [-0.15, -0.1) is 0 Å². The standard InChI is InChI=1S/C30H32N4O4/c35-27(20-34-26(21-38-29(34)37)23-8-2-1-3-9-23)33-19-14-30(22-33)12-17-32(18-13-30)28(36)24-10-4-5-11-25(24)31-15-6-7-16-31/h1-11,15-16,26H,12-14,17-22H2. The topological polar surface area (TPSA) is 75.1 Å². The van der Waals surface area contributed by atoms with Gasteiger partial charge in [0.2, 0.25) is 5.91 Å². The monoisotopic (exact) mass is 512 g/mol. The Morgan fingerprint density at radius 1 is 0.842 bits per heavy atom. The highest BCUT2D eigenvalue weighted by Crippen LogP contribution is 2.41. The summed E-state index contributed by atoms with van der Waals surface area (Å²) in [5, 5.41) is 0. The first-order valence-electron chi connectivity index (χ1n) is 13.3. The summed E-state index contributed by atoms with van der Waals surface area (Å²) in [6.45, 7) is 2.99. The van der Waals surface area contributed by atoms with Gasteiger partial charge in [0.25, 0.3) is 5.91 Å². The van der Waals surface area contributed by atoms with E-state index >= 15 is 0 Å². The second-order valence-electron chi connectivity index (χ2n) is 10.6. The molecule has 38 heavy (non-hydrogen) atoms. The molecule has 6 rings (SSSR count). The van der Waals surface area contributed by atoms with Crippen LogP contribution in [0.25, 0.3) is 5.69 Å². The lowest BCUT2D eigenvalue weighted by Crippen LogP contribution is -2.46. The first kappa shape index (κ1) is 24.3. The molecular formula is C30H32N4O4. The summed E-state index contributed by atoms with van der Waals surface area (Å²) in [7, 11) is 0. The van der Waals surface area contributed by atoms with Gasteiger partial charge in [-0.25, -0.2) is 4.79 Å². The molecule has 4 heterocycles. The smallest absolute Gasteiger partial charge is 0.410 e. The van der Waals surface area contributed by atoms with Gasteiger partial charge in [0.1, 0.15) is 13.2 Å². The van der Waals surface area contributed by atoms with Gasteiger partial charge in [-0.05, 0) is 54.5 Å². The highest BCUT2D eigenvalue weighted by molar-refractivity contribution is 5.98. The Morgan fingerprint density at radius 2 is 1.50 bits per heavy atom. The lowest BCUT2D eigenvalue weighted by Gasteiger charge is -2.39. The fourth-order valence-electron chi connectivity index (χ4n) is 6.11. The summed E-state index contributed by atoms with van der Waals surface area (Å²) in [5.41, 5.74) is 2.58. The highest BCUT2D eigenvalue weighted by Gasteiger charge is 2.44. The molecule has 1 atom stereocenters. The van der Waals surface area contributed by atoms with Crippen molar-refractivity contribution in [1.29, 1.82) is 0 Å². The zero-order valence-electron chi connectivity index (χ0n) is 21.4. The first-order valence-corrected chi connectivity index (χ1v) is 13.3. The average Bonchev–Trinajstić information content (AvgIpc) is 3.71. The molecule has 8 heteroatoms. The summed E-state index contributed by atoms with van der Waals surface area (Å²) >= 11 is 0. The summed E-state index contributed by atoms with van der Waals surface area (Å²) < 4.78 is 7.26. The Labute approximate surface area is 222 Å². The van der Waals surface area contributed by atoms with Crippen molar-refractivity contribution in [2.45, 2.75) is 25.3 Å². The SMILES string of the molecule is O=C(CN1C(=O)OCC1c1ccccc1)N1CCC2(CCN(C(=O)c3ccccc3-n3cccc3)CC2)C1. The summed E-state index contributed by atoms with van der Waals surface area (Å²) in [4.78, 5) is 44.5. The molecule has 0 aliphatic carbocycles. The first-order chi connectivity index (χ1) is 18.5. The van der Waals surface area contributed by atoms with Crippen LogP contribution in [0.3, 0.4) is 0 Å². The molecule has 0 saturated carbocycles. The minimum atomic E-state index is -0.437. The maximum Gasteiger partial charge on any atom is 0.410 e. The lowest BCUT2D eigenvalue weighted by molar-refractivity contribution is -0.131. The number of carbonyl (C=O) groups excluding carboxylic acids is 3. The normalized spacial score (nSPS) is 20.7. The fraction of sp³-hybridized carbons (Fsp3) is 0.367. The number of hydrogen-bond acceptors (Lipinski definition) is 4. The number of benzene rings is 2. The van der Waals surface area contributed by atoms with Crippen LogP contribution in [-0.2, 0) is 9.53 Å². The Bertz CT molecular complexity index is 1320. The van der Waals surface area contributed by atoms with Gasteiger partial charge in [-0.3, -0.25) is 14.5 Å². The Hall–Kier alpha value is -4.07. The van der Waals surface area contributed by atoms with Gasteiger partial charge in [0.15, 0.2) is 0 Å². The van der Waals surface area contributed by atoms with Gasteiger partial charge < -0.3 is 19.1 Å². The van der Waals surface area contributed by atoms with Crippen molar-refractivity contribution in [3.8, 4) is 5.69 Å². The van der Waals surface area contributed by atoms with Crippen molar-refractivity contribution in [3.05, 3.63) is 90.3 Å². The number of nitrogens with zero attached hydrogens (tertiary/aromatic N) is 4. The van der Waals surface area contributed by atoms with Crippen LogP contribution >= 0.6 is 0 Å². The average molecular weight is 513 g/mol. The minimum Gasteiger partial charge on any atom is -0.447 e. The van der Waals surface area contributed by atoms with Crippen molar-refractivity contribution < 1.29 is 19.1 Å². The number of aromatic nitrogens is 1. The molecule has 0 N–H and O–H groups in total. The predicted octanol–water partition coefficient (Wildman–Crippen LogP) is 4.13. The third-order valence-electron chi connectivity index (χ3n) is 8.38. The van der Waals surface area contributed by atoms with E-state index in [0.717, 1.165) is 30.5 Å². The third kappa shape index (κ3) is 4.55. The van der Waals surface area contributed by atoms with Gasteiger partial charge in [-0.2, -0.15) is 0 Å². The van der Waals surface area contributed by atoms with E-state index in [0.29, 0.717) is 31.7 Å². The Kier molecular flexibility index (Phi) is 6.39. The van der Waals surface area contributed by atoms with E-state index in [1.807, 2.05) is 93.5 Å². The number of rotatable bonds is 5. The van der Waals surface area contributed by atoms with Crippen molar-refractivity contribution in [2.75, 3.05) is 39.3 Å². The number of hydrogen-bond donors (Lipinski definition) is 0. The molecule has 3 amide bonds. The van der Waals surface area contributed by atoms with E-state index in [1.54, 1.807) is 4.90 Å². The quantitative estimate of drug-likeness (QED) is 0.515. The van der Waals surface area contributed by atoms with Crippen LogP contribution < -0.4 is 0 Å². The molecule has 2 aromatic carbocycles. The molecule has 8 nitrogen and oxygen atoms in total. The number of piperidine rings is 1. The van der Waals surface area contributed by atoms with E-state index in [1.165, 1.54) is 0 Å². The molecule has 3 aliphatic heterocycles.